The lowest BCUT2D eigenvalue weighted by atomic mass is 9.98. The molecule has 0 unspecified atom stereocenters. The van der Waals surface area contributed by atoms with Crippen LogP contribution < -0.4 is 0 Å². The molecule has 2 aromatic carbocycles. The molecule has 0 saturated heterocycles. The van der Waals surface area contributed by atoms with E-state index in [2.05, 4.69) is 23.2 Å². The number of benzene rings is 2. The Morgan fingerprint density at radius 2 is 1.85 bits per heavy atom. The lowest BCUT2D eigenvalue weighted by molar-refractivity contribution is 1.32. The summed E-state index contributed by atoms with van der Waals surface area (Å²) < 4.78 is 0. The average molecular weight is 256 g/mol. The molecule has 0 bridgehead atoms. The molecule has 0 amide bonds. The molecular weight excluding hydrogens is 244 g/mol. The van der Waals surface area contributed by atoms with Gasteiger partial charge in [-0.2, -0.15) is 5.26 Å². The third-order valence-corrected chi connectivity index (χ3v) is 3.20. The molecule has 20 heavy (non-hydrogen) atoms. The van der Waals surface area contributed by atoms with Gasteiger partial charge in [-0.3, -0.25) is 4.98 Å². The van der Waals surface area contributed by atoms with Crippen LogP contribution in [0.25, 0.3) is 22.4 Å². The number of nitrogens with zero attached hydrogens (tertiary/aromatic N) is 2. The predicted molar refractivity (Wildman–Crippen MR) is 81.7 cm³/mol. The molecule has 0 radical (unpaired) electrons. The first kappa shape index (κ1) is 12.1. The van der Waals surface area contributed by atoms with E-state index in [1.807, 2.05) is 48.5 Å². The zero-order chi connectivity index (χ0) is 13.8. The Morgan fingerprint density at radius 3 is 2.65 bits per heavy atom. The Hall–Kier alpha value is -2.92. The molecule has 0 atom stereocenters. The van der Waals surface area contributed by atoms with Crippen molar-refractivity contribution >= 4 is 22.4 Å². The summed E-state index contributed by atoms with van der Waals surface area (Å²) in [6.07, 6.45) is 5.35. The van der Waals surface area contributed by atoms with Gasteiger partial charge in [-0.05, 0) is 28.5 Å². The van der Waals surface area contributed by atoms with E-state index in [0.29, 0.717) is 5.57 Å². The van der Waals surface area contributed by atoms with E-state index in [9.17, 15) is 5.26 Å². The summed E-state index contributed by atoms with van der Waals surface area (Å²) in [6.45, 7) is 0. The third-order valence-electron chi connectivity index (χ3n) is 3.20. The monoisotopic (exact) mass is 256 g/mol. The normalized spacial score (nSPS) is 11.2. The Morgan fingerprint density at radius 1 is 1.00 bits per heavy atom. The second-order valence-electron chi connectivity index (χ2n) is 4.48. The first-order valence-electron chi connectivity index (χ1n) is 6.38. The predicted octanol–water partition coefficient (Wildman–Crippen LogP) is 4.30. The molecule has 0 aliphatic carbocycles. The zero-order valence-corrected chi connectivity index (χ0v) is 10.8. The van der Waals surface area contributed by atoms with E-state index in [0.717, 1.165) is 21.9 Å². The minimum Gasteiger partial charge on any atom is -0.264 e. The lowest BCUT2D eigenvalue weighted by Crippen LogP contribution is -1.85. The number of hydrogen-bond acceptors (Lipinski definition) is 2. The third kappa shape index (κ3) is 2.30. The average Bonchev–Trinajstić information content (AvgIpc) is 2.53. The zero-order valence-electron chi connectivity index (χ0n) is 10.8. The maximum atomic E-state index is 9.46. The molecule has 94 valence electrons. The van der Waals surface area contributed by atoms with E-state index < -0.39 is 0 Å². The molecule has 1 aromatic heterocycles. The summed E-state index contributed by atoms with van der Waals surface area (Å²) in [5.74, 6) is 0. The van der Waals surface area contributed by atoms with Gasteiger partial charge in [0, 0.05) is 18.0 Å². The molecule has 2 nitrogen and oxygen atoms in total. The molecule has 0 aliphatic heterocycles. The topological polar surface area (TPSA) is 36.7 Å². The fourth-order valence-electron chi connectivity index (χ4n) is 2.26. The number of aromatic nitrogens is 1. The van der Waals surface area contributed by atoms with Gasteiger partial charge in [-0.25, -0.2) is 0 Å². The summed E-state index contributed by atoms with van der Waals surface area (Å²) >= 11 is 0. The maximum Gasteiger partial charge on any atom is 0.0998 e. The molecule has 0 N–H and O–H groups in total. The number of pyridine rings is 1. The summed E-state index contributed by atoms with van der Waals surface area (Å²) in [5, 5.41) is 11.7. The van der Waals surface area contributed by atoms with E-state index >= 15 is 0 Å². The van der Waals surface area contributed by atoms with Gasteiger partial charge >= 0.3 is 0 Å². The fourth-order valence-corrected chi connectivity index (χ4v) is 2.26. The van der Waals surface area contributed by atoms with Crippen LogP contribution in [-0.4, -0.2) is 4.98 Å². The van der Waals surface area contributed by atoms with Crippen LogP contribution in [0.5, 0.6) is 0 Å². The Balaban J connectivity index is 2.18. The van der Waals surface area contributed by atoms with Gasteiger partial charge in [0.1, 0.15) is 0 Å². The summed E-state index contributed by atoms with van der Waals surface area (Å²) in [5.41, 5.74) is 2.53. The van der Waals surface area contributed by atoms with Crippen molar-refractivity contribution in [3.05, 3.63) is 78.1 Å². The van der Waals surface area contributed by atoms with Crippen LogP contribution in [0, 0.1) is 11.3 Å². The second-order valence-corrected chi connectivity index (χ2v) is 4.48. The van der Waals surface area contributed by atoms with E-state index in [4.69, 9.17) is 0 Å². The SMILES string of the molecule is N#C/C(=C/c1cccnc1)c1cccc2ccccc12. The van der Waals surface area contributed by atoms with Crippen molar-refractivity contribution in [1.29, 1.82) is 5.26 Å². The molecule has 1 heterocycles. The lowest BCUT2D eigenvalue weighted by Gasteiger charge is -2.05. The van der Waals surface area contributed by atoms with E-state index in [-0.39, 0.29) is 0 Å². The molecule has 3 aromatic rings. The van der Waals surface area contributed by atoms with Crippen molar-refractivity contribution in [1.82, 2.24) is 4.98 Å². The molecular formula is C18H12N2. The van der Waals surface area contributed by atoms with E-state index in [1.165, 1.54) is 0 Å². The van der Waals surface area contributed by atoms with Crippen molar-refractivity contribution in [2.24, 2.45) is 0 Å². The van der Waals surface area contributed by atoms with E-state index in [1.54, 1.807) is 12.4 Å². The molecule has 0 spiro atoms. The van der Waals surface area contributed by atoms with Gasteiger partial charge in [-0.1, -0.05) is 48.5 Å². The first-order chi connectivity index (χ1) is 9.88. The number of fused-ring (bicyclic) bond motifs is 1. The second kappa shape index (κ2) is 5.38. The van der Waals surface area contributed by atoms with Crippen LogP contribution in [0.15, 0.2) is 67.0 Å². The highest BCUT2D eigenvalue weighted by Gasteiger charge is 2.05. The molecule has 3 rings (SSSR count). The van der Waals surface area contributed by atoms with Crippen LogP contribution in [0.3, 0.4) is 0 Å². The van der Waals surface area contributed by atoms with Crippen molar-refractivity contribution in [2.75, 3.05) is 0 Å². The highest BCUT2D eigenvalue weighted by atomic mass is 14.6. The number of hydrogen-bond donors (Lipinski definition) is 0. The van der Waals surface area contributed by atoms with Crippen LogP contribution in [0.4, 0.5) is 0 Å². The molecule has 0 saturated carbocycles. The van der Waals surface area contributed by atoms with Gasteiger partial charge < -0.3 is 0 Å². The molecule has 0 fully saturated rings. The van der Waals surface area contributed by atoms with Crippen molar-refractivity contribution in [3.63, 3.8) is 0 Å². The van der Waals surface area contributed by atoms with Crippen molar-refractivity contribution in [3.8, 4) is 6.07 Å². The van der Waals surface area contributed by atoms with Crippen molar-refractivity contribution < 1.29 is 0 Å². The Labute approximate surface area is 117 Å². The first-order valence-corrected chi connectivity index (χ1v) is 6.38. The largest absolute Gasteiger partial charge is 0.264 e. The number of nitriles is 1. The van der Waals surface area contributed by atoms with Crippen molar-refractivity contribution in [2.45, 2.75) is 0 Å². The maximum absolute atomic E-state index is 9.46. The summed E-state index contributed by atoms with van der Waals surface area (Å²) in [7, 11) is 0. The number of allylic oxidation sites excluding steroid dienone is 1. The van der Waals surface area contributed by atoms with Gasteiger partial charge in [0.15, 0.2) is 0 Å². The van der Waals surface area contributed by atoms with Crippen LogP contribution >= 0.6 is 0 Å². The van der Waals surface area contributed by atoms with Gasteiger partial charge in [0.05, 0.1) is 11.6 Å². The highest BCUT2D eigenvalue weighted by molar-refractivity contribution is 6.01. The molecule has 0 aliphatic rings. The number of rotatable bonds is 2. The van der Waals surface area contributed by atoms with Gasteiger partial charge in [-0.15, -0.1) is 0 Å². The summed E-state index contributed by atoms with van der Waals surface area (Å²) in [6, 6.07) is 20.2. The van der Waals surface area contributed by atoms with Crippen LogP contribution in [0.2, 0.25) is 0 Å². The Kier molecular flexibility index (Phi) is 3.26. The standard InChI is InChI=1S/C18H12N2/c19-12-16(11-14-5-4-10-20-13-14)18-9-3-7-15-6-1-2-8-17(15)18/h1-11,13H/b16-11-. The minimum atomic E-state index is 0.648. The minimum absolute atomic E-state index is 0.648. The highest BCUT2D eigenvalue weighted by Crippen LogP contribution is 2.26. The van der Waals surface area contributed by atoms with Crippen LogP contribution in [0.1, 0.15) is 11.1 Å². The summed E-state index contributed by atoms with van der Waals surface area (Å²) in [4.78, 5) is 4.07. The van der Waals surface area contributed by atoms with Gasteiger partial charge in [0.2, 0.25) is 0 Å². The molecule has 2 heteroatoms. The smallest absolute Gasteiger partial charge is 0.0998 e. The van der Waals surface area contributed by atoms with Crippen LogP contribution in [-0.2, 0) is 0 Å². The Bertz CT molecular complexity index is 806. The van der Waals surface area contributed by atoms with Gasteiger partial charge in [0.25, 0.3) is 0 Å². The fraction of sp³-hybridized carbons (Fsp3) is 0. The quantitative estimate of drug-likeness (QED) is 0.641.